The van der Waals surface area contributed by atoms with Gasteiger partial charge >= 0.3 is 18.0 Å². The van der Waals surface area contributed by atoms with Gasteiger partial charge in [-0.15, -0.1) is 0 Å². The van der Waals surface area contributed by atoms with Crippen LogP contribution >= 0.6 is 0 Å². The lowest BCUT2D eigenvalue weighted by atomic mass is 9.59. The summed E-state index contributed by atoms with van der Waals surface area (Å²) < 4.78 is 92.2. The van der Waals surface area contributed by atoms with E-state index in [9.17, 15) is 40.9 Å². The SMILES string of the molecule is C=C1/C(=C\C=C2/CCC[C@]3(C)[C@@H](C4(CC#CC(O)(C(F)(F)F)C(F)(F)F)CC4)CC[C@@H]23)C[C@@H](O)C[C@@H]1F. The molecule has 0 aromatic heterocycles. The van der Waals surface area contributed by atoms with E-state index in [2.05, 4.69) is 19.4 Å². The zero-order chi connectivity index (χ0) is 27.4. The highest BCUT2D eigenvalue weighted by molar-refractivity contribution is 5.39. The van der Waals surface area contributed by atoms with Crippen LogP contribution in [0.4, 0.5) is 30.7 Å². The largest absolute Gasteiger partial charge is 0.438 e. The summed E-state index contributed by atoms with van der Waals surface area (Å²) in [5.74, 6) is 3.53. The highest BCUT2D eigenvalue weighted by Gasteiger charge is 2.70. The monoisotopic (exact) mass is 534 g/mol. The fraction of sp³-hybridized carbons (Fsp3) is 0.714. The molecule has 4 aliphatic carbocycles. The van der Waals surface area contributed by atoms with Crippen LogP contribution in [0.3, 0.4) is 0 Å². The van der Waals surface area contributed by atoms with Crippen molar-refractivity contribution < 1.29 is 40.9 Å². The summed E-state index contributed by atoms with van der Waals surface area (Å²) in [6.07, 6.45) is -4.10. The predicted octanol–water partition coefficient (Wildman–Crippen LogP) is 7.13. The molecule has 4 rings (SSSR count). The van der Waals surface area contributed by atoms with Crippen LogP contribution in [0.25, 0.3) is 0 Å². The Morgan fingerprint density at radius 2 is 1.70 bits per heavy atom. The van der Waals surface area contributed by atoms with Crippen molar-refractivity contribution in [1.82, 2.24) is 0 Å². The van der Waals surface area contributed by atoms with Crippen molar-refractivity contribution in [3.8, 4) is 11.8 Å². The van der Waals surface area contributed by atoms with E-state index in [-0.39, 0.29) is 30.1 Å². The fourth-order valence-electron chi connectivity index (χ4n) is 7.14. The highest BCUT2D eigenvalue weighted by atomic mass is 19.4. The Kier molecular flexibility index (Phi) is 7.20. The minimum absolute atomic E-state index is 0.0451. The van der Waals surface area contributed by atoms with Crippen molar-refractivity contribution in [2.24, 2.45) is 22.7 Å². The zero-order valence-electron chi connectivity index (χ0n) is 20.8. The van der Waals surface area contributed by atoms with Gasteiger partial charge in [-0.05, 0) is 91.1 Å². The topological polar surface area (TPSA) is 40.5 Å². The maximum absolute atomic E-state index is 14.1. The van der Waals surface area contributed by atoms with E-state index in [4.69, 9.17) is 0 Å². The average molecular weight is 535 g/mol. The second kappa shape index (κ2) is 9.44. The third kappa shape index (κ3) is 5.01. The van der Waals surface area contributed by atoms with Crippen LogP contribution in [-0.4, -0.2) is 40.4 Å². The smallest absolute Gasteiger partial charge is 0.393 e. The van der Waals surface area contributed by atoms with E-state index >= 15 is 0 Å². The molecule has 2 N–H and O–H groups in total. The number of alkyl halides is 7. The van der Waals surface area contributed by atoms with E-state index in [1.165, 1.54) is 5.57 Å². The predicted molar refractivity (Wildman–Crippen MR) is 125 cm³/mol. The molecule has 0 aliphatic heterocycles. The molecule has 0 aromatic rings. The van der Waals surface area contributed by atoms with Crippen LogP contribution in [0.2, 0.25) is 0 Å². The molecule has 0 aromatic carbocycles. The summed E-state index contributed by atoms with van der Waals surface area (Å²) in [5.41, 5.74) is -3.37. The molecule has 5 atom stereocenters. The van der Waals surface area contributed by atoms with Crippen LogP contribution in [0, 0.1) is 34.5 Å². The minimum Gasteiger partial charge on any atom is -0.393 e. The Morgan fingerprint density at radius 3 is 2.30 bits per heavy atom. The van der Waals surface area contributed by atoms with Crippen LogP contribution in [0.5, 0.6) is 0 Å². The van der Waals surface area contributed by atoms with Crippen molar-refractivity contribution in [1.29, 1.82) is 0 Å². The van der Waals surface area contributed by atoms with E-state index in [0.717, 1.165) is 38.0 Å². The molecule has 206 valence electrons. The third-order valence-electron chi connectivity index (χ3n) is 9.35. The molecule has 4 aliphatic rings. The molecular formula is C28H33F7O2. The van der Waals surface area contributed by atoms with Crippen molar-refractivity contribution in [2.45, 2.75) is 101 Å². The van der Waals surface area contributed by atoms with Gasteiger partial charge in [0, 0.05) is 12.8 Å². The summed E-state index contributed by atoms with van der Waals surface area (Å²) in [4.78, 5) is 0. The van der Waals surface area contributed by atoms with Crippen molar-refractivity contribution in [3.05, 3.63) is 35.5 Å². The van der Waals surface area contributed by atoms with Gasteiger partial charge in [0.05, 0.1) is 6.10 Å². The van der Waals surface area contributed by atoms with E-state index in [1.54, 1.807) is 0 Å². The number of allylic oxidation sites excluding steroid dienone is 4. The molecule has 37 heavy (non-hydrogen) atoms. The molecule has 0 heterocycles. The molecular weight excluding hydrogens is 501 g/mol. The first kappa shape index (κ1) is 28.2. The van der Waals surface area contributed by atoms with Crippen molar-refractivity contribution >= 4 is 0 Å². The van der Waals surface area contributed by atoms with Gasteiger partial charge in [0.15, 0.2) is 0 Å². The fourth-order valence-corrected chi connectivity index (χ4v) is 7.14. The summed E-state index contributed by atoms with van der Waals surface area (Å²) in [7, 11) is 0. The van der Waals surface area contributed by atoms with Crippen LogP contribution in [0.15, 0.2) is 35.5 Å². The molecule has 9 heteroatoms. The van der Waals surface area contributed by atoms with Gasteiger partial charge in [-0.3, -0.25) is 0 Å². The maximum Gasteiger partial charge on any atom is 0.438 e. The van der Waals surface area contributed by atoms with Gasteiger partial charge in [0.2, 0.25) is 0 Å². The first-order chi connectivity index (χ1) is 17.0. The summed E-state index contributed by atoms with van der Waals surface area (Å²) >= 11 is 0. The Morgan fingerprint density at radius 1 is 1.05 bits per heavy atom. The third-order valence-corrected chi connectivity index (χ3v) is 9.35. The second-order valence-electron chi connectivity index (χ2n) is 11.6. The highest BCUT2D eigenvalue weighted by Crippen LogP contribution is 2.69. The minimum atomic E-state index is -5.95. The molecule has 0 unspecified atom stereocenters. The Labute approximate surface area is 212 Å². The molecule has 2 nitrogen and oxygen atoms in total. The lowest BCUT2D eigenvalue weighted by molar-refractivity contribution is -0.343. The molecule has 0 radical (unpaired) electrons. The Bertz CT molecular complexity index is 1020. The van der Waals surface area contributed by atoms with Crippen molar-refractivity contribution in [3.63, 3.8) is 0 Å². The normalized spacial score (nSPS) is 36.3. The molecule has 4 fully saturated rings. The van der Waals surface area contributed by atoms with Gasteiger partial charge < -0.3 is 10.2 Å². The molecule has 0 bridgehead atoms. The molecule has 4 saturated carbocycles. The lowest BCUT2D eigenvalue weighted by Crippen LogP contribution is -2.55. The van der Waals surface area contributed by atoms with Gasteiger partial charge in [0.25, 0.3) is 0 Å². The lowest BCUT2D eigenvalue weighted by Gasteiger charge is -2.45. The number of hydrogen-bond donors (Lipinski definition) is 2. The summed E-state index contributed by atoms with van der Waals surface area (Å²) in [6, 6.07) is 0. The van der Waals surface area contributed by atoms with Crippen LogP contribution in [-0.2, 0) is 0 Å². The number of halogens is 7. The zero-order valence-corrected chi connectivity index (χ0v) is 20.8. The first-order valence-electron chi connectivity index (χ1n) is 12.8. The van der Waals surface area contributed by atoms with Crippen LogP contribution < -0.4 is 0 Å². The quantitative estimate of drug-likeness (QED) is 0.299. The number of aliphatic hydroxyl groups excluding tert-OH is 1. The summed E-state index contributed by atoms with van der Waals surface area (Å²) in [5, 5.41) is 19.3. The van der Waals surface area contributed by atoms with Gasteiger partial charge in [-0.2, -0.15) is 26.3 Å². The molecule has 0 saturated heterocycles. The number of rotatable bonds is 3. The average Bonchev–Trinajstić information content (AvgIpc) is 3.46. The van der Waals surface area contributed by atoms with E-state index in [1.807, 2.05) is 12.2 Å². The molecule has 0 amide bonds. The maximum atomic E-state index is 14.1. The number of fused-ring (bicyclic) bond motifs is 1. The number of hydrogen-bond acceptors (Lipinski definition) is 2. The Hall–Kier alpha value is -1.79. The van der Waals surface area contributed by atoms with Crippen molar-refractivity contribution in [2.75, 3.05) is 0 Å². The second-order valence-corrected chi connectivity index (χ2v) is 11.6. The van der Waals surface area contributed by atoms with Gasteiger partial charge in [-0.25, -0.2) is 4.39 Å². The van der Waals surface area contributed by atoms with E-state index in [0.29, 0.717) is 30.4 Å². The van der Waals surface area contributed by atoms with Gasteiger partial charge in [-0.1, -0.05) is 37.1 Å². The standard InChI is InChI=1S/C28H33F7O2/c1-17-19(15-20(36)16-22(17)29)7-6-18-5-3-10-24(2)21(18)8-9-23(24)25(13-14-25)11-4-12-26(37,27(30,31)32)28(33,34)35/h6-7,20-23,36-37H,1,3,5,8-11,13-16H2,2H3/b18-6+,19-7-/t20-,21+,22+,23+,24+/m1/s1. The van der Waals surface area contributed by atoms with Crippen LogP contribution in [0.1, 0.15) is 71.1 Å². The molecule has 0 spiro atoms. The van der Waals surface area contributed by atoms with E-state index < -0.39 is 35.6 Å². The van der Waals surface area contributed by atoms with Gasteiger partial charge in [0.1, 0.15) is 6.17 Å². The number of aliphatic hydroxyl groups is 2. The Balaban J connectivity index is 1.54. The first-order valence-corrected chi connectivity index (χ1v) is 12.8. The summed E-state index contributed by atoms with van der Waals surface area (Å²) in [6.45, 7) is 5.99.